The summed E-state index contributed by atoms with van der Waals surface area (Å²) in [5.41, 5.74) is 2.14. The Morgan fingerprint density at radius 2 is 1.74 bits per heavy atom. The van der Waals surface area contributed by atoms with E-state index in [9.17, 15) is 13.2 Å². The number of rotatable bonds is 5. The highest BCUT2D eigenvalue weighted by atomic mass is 32.2. The number of sulfonamides is 1. The molecule has 31 heavy (non-hydrogen) atoms. The van der Waals surface area contributed by atoms with Gasteiger partial charge in [-0.1, -0.05) is 30.7 Å². The van der Waals surface area contributed by atoms with Crippen molar-refractivity contribution in [2.24, 2.45) is 0 Å². The van der Waals surface area contributed by atoms with E-state index in [2.05, 4.69) is 10.3 Å². The Kier molecular flexibility index (Phi) is 5.93. The quantitative estimate of drug-likeness (QED) is 0.637. The molecule has 1 saturated heterocycles. The summed E-state index contributed by atoms with van der Waals surface area (Å²) in [6.45, 7) is 4.55. The minimum absolute atomic E-state index is 0.169. The van der Waals surface area contributed by atoms with Crippen molar-refractivity contribution >= 4 is 21.6 Å². The first kappa shape index (κ1) is 21.3. The summed E-state index contributed by atoms with van der Waals surface area (Å²) in [6, 6.07) is 14.1. The maximum atomic E-state index is 13.0. The number of amides is 1. The number of anilines is 1. The van der Waals surface area contributed by atoms with Crippen LogP contribution in [0.15, 0.2) is 57.8 Å². The lowest BCUT2D eigenvalue weighted by molar-refractivity contribution is 0.102. The number of benzene rings is 2. The minimum Gasteiger partial charge on any atom is -0.441 e. The van der Waals surface area contributed by atoms with E-state index in [1.807, 2.05) is 37.3 Å². The minimum atomic E-state index is -3.59. The number of nitrogens with one attached hydrogen (secondary N) is 1. The zero-order valence-corrected chi connectivity index (χ0v) is 18.4. The molecule has 1 aliphatic rings. The summed E-state index contributed by atoms with van der Waals surface area (Å²) in [7, 11) is -3.59. The molecule has 1 N–H and O–H groups in total. The van der Waals surface area contributed by atoms with Gasteiger partial charge in [-0.15, -0.1) is 0 Å². The first-order valence-electron chi connectivity index (χ1n) is 10.3. The van der Waals surface area contributed by atoms with Gasteiger partial charge in [0.1, 0.15) is 5.76 Å². The van der Waals surface area contributed by atoms with Gasteiger partial charge in [-0.2, -0.15) is 4.31 Å². The highest BCUT2D eigenvalue weighted by Gasteiger charge is 2.27. The number of hydrogen-bond donors (Lipinski definition) is 1. The molecule has 0 atom stereocenters. The SMILES string of the molecule is Cc1ccc(S(=O)(=O)N2CCCCC2)cc1NC(=O)c1nc(-c2ccccc2)oc1C. The molecule has 1 amide bonds. The van der Waals surface area contributed by atoms with Crippen molar-refractivity contribution in [3.05, 3.63) is 65.5 Å². The van der Waals surface area contributed by atoms with Crippen LogP contribution in [0.5, 0.6) is 0 Å². The van der Waals surface area contributed by atoms with Crippen LogP contribution in [0.4, 0.5) is 5.69 Å². The lowest BCUT2D eigenvalue weighted by Gasteiger charge is -2.26. The van der Waals surface area contributed by atoms with E-state index in [4.69, 9.17) is 4.42 Å². The van der Waals surface area contributed by atoms with Crippen LogP contribution in [0.25, 0.3) is 11.5 Å². The molecule has 1 aliphatic heterocycles. The number of hydrogen-bond acceptors (Lipinski definition) is 5. The van der Waals surface area contributed by atoms with Gasteiger partial charge in [0.15, 0.2) is 5.69 Å². The van der Waals surface area contributed by atoms with Gasteiger partial charge >= 0.3 is 0 Å². The van der Waals surface area contributed by atoms with Crippen LogP contribution in [0.3, 0.4) is 0 Å². The molecule has 1 fully saturated rings. The van der Waals surface area contributed by atoms with E-state index in [0.29, 0.717) is 30.4 Å². The average molecular weight is 440 g/mol. The van der Waals surface area contributed by atoms with Crippen molar-refractivity contribution in [3.8, 4) is 11.5 Å². The molecule has 0 unspecified atom stereocenters. The molecule has 0 saturated carbocycles. The third-order valence-corrected chi connectivity index (χ3v) is 7.34. The number of carbonyl (C=O) groups is 1. The first-order chi connectivity index (χ1) is 14.9. The van der Waals surface area contributed by atoms with E-state index in [1.165, 1.54) is 10.4 Å². The van der Waals surface area contributed by atoms with Crippen LogP contribution in [-0.4, -0.2) is 36.7 Å². The lowest BCUT2D eigenvalue weighted by Crippen LogP contribution is -2.35. The molecular formula is C23H25N3O4S. The molecule has 1 aromatic heterocycles. The Hall–Kier alpha value is -2.97. The Balaban J connectivity index is 1.59. The van der Waals surface area contributed by atoms with Gasteiger partial charge in [-0.05, 0) is 56.5 Å². The standard InChI is InChI=1S/C23H25N3O4S/c1-16-11-12-19(31(28,29)26-13-7-4-8-14-26)15-20(16)24-22(27)21-17(2)30-23(25-21)18-9-5-3-6-10-18/h3,5-6,9-12,15H,4,7-8,13-14H2,1-2H3,(H,24,27). The fraction of sp³-hybridized carbons (Fsp3) is 0.304. The van der Waals surface area contributed by atoms with Crippen molar-refractivity contribution in [1.82, 2.24) is 9.29 Å². The van der Waals surface area contributed by atoms with Crippen molar-refractivity contribution in [2.45, 2.75) is 38.0 Å². The second kappa shape index (κ2) is 8.64. The number of oxazole rings is 1. The number of carbonyl (C=O) groups excluding carboxylic acids is 1. The van der Waals surface area contributed by atoms with E-state index < -0.39 is 15.9 Å². The summed E-state index contributed by atoms with van der Waals surface area (Å²) in [4.78, 5) is 17.4. The maximum absolute atomic E-state index is 13.0. The van der Waals surface area contributed by atoms with E-state index in [0.717, 1.165) is 30.4 Å². The number of piperidine rings is 1. The highest BCUT2D eigenvalue weighted by molar-refractivity contribution is 7.89. The molecule has 4 rings (SSSR count). The van der Waals surface area contributed by atoms with Crippen LogP contribution in [0, 0.1) is 13.8 Å². The molecule has 8 heteroatoms. The summed E-state index contributed by atoms with van der Waals surface area (Å²) in [5, 5.41) is 2.80. The van der Waals surface area contributed by atoms with Crippen molar-refractivity contribution in [1.29, 1.82) is 0 Å². The van der Waals surface area contributed by atoms with Crippen molar-refractivity contribution in [2.75, 3.05) is 18.4 Å². The monoisotopic (exact) mass is 439 g/mol. The van der Waals surface area contributed by atoms with Crippen LogP contribution < -0.4 is 5.32 Å². The highest BCUT2D eigenvalue weighted by Crippen LogP contribution is 2.27. The Morgan fingerprint density at radius 3 is 2.45 bits per heavy atom. The molecule has 0 bridgehead atoms. The van der Waals surface area contributed by atoms with Gasteiger partial charge in [0.25, 0.3) is 5.91 Å². The van der Waals surface area contributed by atoms with Crippen LogP contribution in [0.1, 0.15) is 41.1 Å². The Bertz CT molecular complexity index is 1200. The van der Waals surface area contributed by atoms with Gasteiger partial charge in [0.2, 0.25) is 15.9 Å². The molecule has 2 aromatic carbocycles. The normalized spacial score (nSPS) is 15.0. The second-order valence-electron chi connectivity index (χ2n) is 7.69. The summed E-state index contributed by atoms with van der Waals surface area (Å²) >= 11 is 0. The zero-order valence-electron chi connectivity index (χ0n) is 17.6. The zero-order chi connectivity index (χ0) is 22.0. The fourth-order valence-corrected chi connectivity index (χ4v) is 5.19. The van der Waals surface area contributed by atoms with Crippen LogP contribution >= 0.6 is 0 Å². The fourth-order valence-electron chi connectivity index (χ4n) is 3.64. The molecule has 3 aromatic rings. The van der Waals surface area contributed by atoms with Crippen molar-refractivity contribution in [3.63, 3.8) is 0 Å². The number of aromatic nitrogens is 1. The van der Waals surface area contributed by atoms with Gasteiger partial charge < -0.3 is 9.73 Å². The molecule has 2 heterocycles. The molecule has 0 radical (unpaired) electrons. The van der Waals surface area contributed by atoms with Crippen LogP contribution in [0.2, 0.25) is 0 Å². The Labute approximate surface area is 182 Å². The predicted octanol–water partition coefficient (Wildman–Crippen LogP) is 4.39. The van der Waals surface area contributed by atoms with Gasteiger partial charge in [-0.25, -0.2) is 13.4 Å². The van der Waals surface area contributed by atoms with Crippen molar-refractivity contribution < 1.29 is 17.6 Å². The van der Waals surface area contributed by atoms with E-state index in [1.54, 1.807) is 19.1 Å². The third-order valence-electron chi connectivity index (χ3n) is 5.44. The Morgan fingerprint density at radius 1 is 1.03 bits per heavy atom. The van der Waals surface area contributed by atoms with Crippen LogP contribution in [-0.2, 0) is 10.0 Å². The van der Waals surface area contributed by atoms with E-state index >= 15 is 0 Å². The first-order valence-corrected chi connectivity index (χ1v) is 11.8. The summed E-state index contributed by atoms with van der Waals surface area (Å²) in [6.07, 6.45) is 2.77. The molecule has 0 spiro atoms. The molecule has 7 nitrogen and oxygen atoms in total. The largest absolute Gasteiger partial charge is 0.441 e. The average Bonchev–Trinajstić information content (AvgIpc) is 3.18. The summed E-state index contributed by atoms with van der Waals surface area (Å²) in [5.74, 6) is 0.312. The molecule has 0 aliphatic carbocycles. The van der Waals surface area contributed by atoms with E-state index in [-0.39, 0.29) is 10.6 Å². The lowest BCUT2D eigenvalue weighted by atomic mass is 10.2. The second-order valence-corrected chi connectivity index (χ2v) is 9.62. The number of nitrogens with zero attached hydrogens (tertiary/aromatic N) is 2. The third kappa shape index (κ3) is 4.40. The maximum Gasteiger partial charge on any atom is 0.277 e. The van der Waals surface area contributed by atoms with Gasteiger partial charge in [0, 0.05) is 24.3 Å². The smallest absolute Gasteiger partial charge is 0.277 e. The number of aryl methyl sites for hydroxylation is 2. The topological polar surface area (TPSA) is 92.5 Å². The van der Waals surface area contributed by atoms with Gasteiger partial charge in [-0.3, -0.25) is 4.79 Å². The molecule has 162 valence electrons. The predicted molar refractivity (Wildman–Crippen MR) is 118 cm³/mol. The molecular weight excluding hydrogens is 414 g/mol. The summed E-state index contributed by atoms with van der Waals surface area (Å²) < 4.78 is 33.2. The van der Waals surface area contributed by atoms with Gasteiger partial charge in [0.05, 0.1) is 4.90 Å².